The van der Waals surface area contributed by atoms with Crippen molar-refractivity contribution in [3.8, 4) is 0 Å². The summed E-state index contributed by atoms with van der Waals surface area (Å²) in [4.78, 5) is 12.0. The Kier molecular flexibility index (Phi) is 5.40. The van der Waals surface area contributed by atoms with Crippen LogP contribution in [-0.4, -0.2) is 29.6 Å². The molecule has 1 aromatic rings. The SMILES string of the molecule is CC(O)CNC(C)C(=O)c1ccc(Cl)c(Cl)c1. The first-order chi connectivity index (χ1) is 7.91. The number of nitrogens with one attached hydrogen (secondary N) is 1. The number of aliphatic hydroxyl groups is 1. The van der Waals surface area contributed by atoms with Crippen LogP contribution in [0.4, 0.5) is 0 Å². The molecule has 0 saturated heterocycles. The Hall–Kier alpha value is -0.610. The molecule has 2 atom stereocenters. The third kappa shape index (κ3) is 4.28. The highest BCUT2D eigenvalue weighted by molar-refractivity contribution is 6.42. The third-order valence-corrected chi connectivity index (χ3v) is 3.06. The molecule has 5 heteroatoms. The topological polar surface area (TPSA) is 49.3 Å². The van der Waals surface area contributed by atoms with Crippen molar-refractivity contribution in [3.05, 3.63) is 33.8 Å². The molecule has 0 heterocycles. The van der Waals surface area contributed by atoms with Crippen LogP contribution in [0, 0.1) is 0 Å². The monoisotopic (exact) mass is 275 g/mol. The predicted molar refractivity (Wildman–Crippen MR) is 69.9 cm³/mol. The Morgan fingerprint density at radius 1 is 1.35 bits per heavy atom. The van der Waals surface area contributed by atoms with Crippen LogP contribution < -0.4 is 5.32 Å². The lowest BCUT2D eigenvalue weighted by molar-refractivity contribution is 0.0941. The largest absolute Gasteiger partial charge is 0.392 e. The summed E-state index contributed by atoms with van der Waals surface area (Å²) >= 11 is 11.6. The molecule has 2 N–H and O–H groups in total. The quantitative estimate of drug-likeness (QED) is 0.812. The summed E-state index contributed by atoms with van der Waals surface area (Å²) in [6.45, 7) is 3.77. The number of carbonyl (C=O) groups is 1. The van der Waals surface area contributed by atoms with Crippen LogP contribution in [0.1, 0.15) is 24.2 Å². The Morgan fingerprint density at radius 3 is 2.53 bits per heavy atom. The van der Waals surface area contributed by atoms with Gasteiger partial charge in [0.15, 0.2) is 5.78 Å². The van der Waals surface area contributed by atoms with E-state index in [-0.39, 0.29) is 11.8 Å². The Labute approximate surface area is 111 Å². The van der Waals surface area contributed by atoms with E-state index in [0.717, 1.165) is 0 Å². The van der Waals surface area contributed by atoms with Gasteiger partial charge >= 0.3 is 0 Å². The molecule has 17 heavy (non-hydrogen) atoms. The van der Waals surface area contributed by atoms with E-state index in [9.17, 15) is 4.79 Å². The highest BCUT2D eigenvalue weighted by Gasteiger charge is 2.16. The van der Waals surface area contributed by atoms with Crippen LogP contribution in [0.15, 0.2) is 18.2 Å². The second-order valence-corrected chi connectivity index (χ2v) is 4.79. The first kappa shape index (κ1) is 14.5. The zero-order valence-corrected chi connectivity index (χ0v) is 11.2. The van der Waals surface area contributed by atoms with Crippen LogP contribution >= 0.6 is 23.2 Å². The Bertz CT molecular complexity index is 407. The van der Waals surface area contributed by atoms with E-state index in [0.29, 0.717) is 22.2 Å². The summed E-state index contributed by atoms with van der Waals surface area (Å²) in [5.41, 5.74) is 0.505. The maximum atomic E-state index is 12.0. The number of hydrogen-bond acceptors (Lipinski definition) is 3. The molecule has 0 aromatic heterocycles. The molecule has 0 aliphatic heterocycles. The lowest BCUT2D eigenvalue weighted by Gasteiger charge is -2.14. The van der Waals surface area contributed by atoms with Crippen LogP contribution in [0.25, 0.3) is 0 Å². The van der Waals surface area contributed by atoms with Crippen molar-refractivity contribution < 1.29 is 9.90 Å². The third-order valence-electron chi connectivity index (χ3n) is 2.32. The van der Waals surface area contributed by atoms with Crippen molar-refractivity contribution in [2.75, 3.05) is 6.54 Å². The summed E-state index contributed by atoms with van der Waals surface area (Å²) in [5.74, 6) is -0.0794. The molecule has 0 spiro atoms. The molecule has 0 saturated carbocycles. The van der Waals surface area contributed by atoms with E-state index in [4.69, 9.17) is 28.3 Å². The molecule has 0 bridgehead atoms. The number of rotatable bonds is 5. The number of halogens is 2. The van der Waals surface area contributed by atoms with Gasteiger partial charge in [-0.25, -0.2) is 0 Å². The van der Waals surface area contributed by atoms with Gasteiger partial charge in [-0.1, -0.05) is 23.2 Å². The van der Waals surface area contributed by atoms with Crippen molar-refractivity contribution in [1.82, 2.24) is 5.32 Å². The van der Waals surface area contributed by atoms with Gasteiger partial charge in [0, 0.05) is 12.1 Å². The zero-order valence-electron chi connectivity index (χ0n) is 9.71. The highest BCUT2D eigenvalue weighted by atomic mass is 35.5. The fourth-order valence-electron chi connectivity index (χ4n) is 1.34. The fourth-order valence-corrected chi connectivity index (χ4v) is 1.64. The predicted octanol–water partition coefficient (Wildman–Crippen LogP) is 2.54. The van der Waals surface area contributed by atoms with E-state index in [1.807, 2.05) is 0 Å². The van der Waals surface area contributed by atoms with Crippen molar-refractivity contribution >= 4 is 29.0 Å². The Balaban J connectivity index is 2.71. The molecule has 1 aromatic carbocycles. The number of hydrogen-bond donors (Lipinski definition) is 2. The first-order valence-corrected chi connectivity index (χ1v) is 6.08. The van der Waals surface area contributed by atoms with Gasteiger partial charge in [-0.15, -0.1) is 0 Å². The van der Waals surface area contributed by atoms with Crippen molar-refractivity contribution in [2.45, 2.75) is 26.0 Å². The van der Waals surface area contributed by atoms with E-state index < -0.39 is 6.10 Å². The highest BCUT2D eigenvalue weighted by Crippen LogP contribution is 2.23. The summed E-state index contributed by atoms with van der Waals surface area (Å²) in [6, 6.07) is 4.41. The summed E-state index contributed by atoms with van der Waals surface area (Å²) in [7, 11) is 0. The van der Waals surface area contributed by atoms with E-state index in [1.54, 1.807) is 32.0 Å². The van der Waals surface area contributed by atoms with Crippen molar-refractivity contribution in [2.24, 2.45) is 0 Å². The van der Waals surface area contributed by atoms with Gasteiger partial charge in [-0.05, 0) is 32.0 Å². The van der Waals surface area contributed by atoms with Crippen LogP contribution in [0.5, 0.6) is 0 Å². The minimum Gasteiger partial charge on any atom is -0.392 e. The standard InChI is InChI=1S/C12H15Cl2NO2/c1-7(16)6-15-8(2)12(17)9-3-4-10(13)11(14)5-9/h3-5,7-8,15-16H,6H2,1-2H3. The van der Waals surface area contributed by atoms with Crippen molar-refractivity contribution in [3.63, 3.8) is 0 Å². The average molecular weight is 276 g/mol. The molecule has 0 radical (unpaired) electrons. The van der Waals surface area contributed by atoms with Gasteiger partial charge in [0.1, 0.15) is 0 Å². The molecule has 0 fully saturated rings. The van der Waals surface area contributed by atoms with Gasteiger partial charge in [0.25, 0.3) is 0 Å². The maximum Gasteiger partial charge on any atom is 0.179 e. The lowest BCUT2D eigenvalue weighted by Crippen LogP contribution is -2.38. The number of carbonyl (C=O) groups excluding carboxylic acids is 1. The van der Waals surface area contributed by atoms with Crippen molar-refractivity contribution in [1.29, 1.82) is 0 Å². The van der Waals surface area contributed by atoms with Crippen LogP contribution in [0.3, 0.4) is 0 Å². The van der Waals surface area contributed by atoms with E-state index in [2.05, 4.69) is 5.32 Å². The number of aliphatic hydroxyl groups excluding tert-OH is 1. The smallest absolute Gasteiger partial charge is 0.179 e. The fraction of sp³-hybridized carbons (Fsp3) is 0.417. The van der Waals surface area contributed by atoms with Gasteiger partial charge in [0.05, 0.1) is 22.2 Å². The summed E-state index contributed by atoms with van der Waals surface area (Å²) in [5, 5.41) is 12.8. The van der Waals surface area contributed by atoms with Gasteiger partial charge in [0.2, 0.25) is 0 Å². The van der Waals surface area contributed by atoms with Crippen LogP contribution in [-0.2, 0) is 0 Å². The molecule has 0 amide bonds. The molecule has 3 nitrogen and oxygen atoms in total. The maximum absolute atomic E-state index is 12.0. The normalized spacial score (nSPS) is 14.4. The Morgan fingerprint density at radius 2 is 2.00 bits per heavy atom. The van der Waals surface area contributed by atoms with Gasteiger partial charge < -0.3 is 10.4 Å². The molecule has 2 unspecified atom stereocenters. The van der Waals surface area contributed by atoms with Crippen LogP contribution in [0.2, 0.25) is 10.0 Å². The minimum atomic E-state index is -0.487. The van der Waals surface area contributed by atoms with E-state index >= 15 is 0 Å². The molecular formula is C12H15Cl2NO2. The van der Waals surface area contributed by atoms with Gasteiger partial charge in [-0.3, -0.25) is 4.79 Å². The molecule has 94 valence electrons. The zero-order chi connectivity index (χ0) is 13.0. The molecule has 0 aliphatic carbocycles. The second-order valence-electron chi connectivity index (χ2n) is 3.97. The average Bonchev–Trinajstić information content (AvgIpc) is 2.28. The lowest BCUT2D eigenvalue weighted by atomic mass is 10.1. The van der Waals surface area contributed by atoms with E-state index in [1.165, 1.54) is 0 Å². The molecule has 1 rings (SSSR count). The molecule has 0 aliphatic rings. The summed E-state index contributed by atoms with van der Waals surface area (Å²) < 4.78 is 0. The summed E-state index contributed by atoms with van der Waals surface area (Å²) in [6.07, 6.45) is -0.487. The number of benzene rings is 1. The number of Topliss-reactive ketones (excluding diaryl/α,β-unsaturated/α-hetero) is 1. The van der Waals surface area contributed by atoms with Gasteiger partial charge in [-0.2, -0.15) is 0 Å². The number of ketones is 1. The minimum absolute atomic E-state index is 0.0794. The second kappa shape index (κ2) is 6.36. The molecular weight excluding hydrogens is 261 g/mol. The first-order valence-electron chi connectivity index (χ1n) is 5.32.